The number of piperazine rings is 1. The topological polar surface area (TPSA) is 66.4 Å². The minimum Gasteiger partial charge on any atom is -0.497 e. The molecule has 144 valence electrons. The van der Waals surface area contributed by atoms with Gasteiger partial charge < -0.3 is 24.6 Å². The molecule has 0 spiro atoms. The molecule has 1 saturated heterocycles. The van der Waals surface area contributed by atoms with E-state index < -0.39 is 0 Å². The van der Waals surface area contributed by atoms with Gasteiger partial charge in [-0.2, -0.15) is 0 Å². The lowest BCUT2D eigenvalue weighted by Gasteiger charge is -2.36. The van der Waals surface area contributed by atoms with Gasteiger partial charge in [0.1, 0.15) is 11.5 Å². The van der Waals surface area contributed by atoms with Crippen molar-refractivity contribution in [3.63, 3.8) is 0 Å². The van der Waals surface area contributed by atoms with Crippen LogP contribution in [0.1, 0.15) is 19.4 Å². The number of nitrogens with one attached hydrogen (secondary N) is 1. The lowest BCUT2D eigenvalue weighted by molar-refractivity contribution is -0.130. The Bertz CT molecular complexity index is 625. The fourth-order valence-corrected chi connectivity index (χ4v) is 3.02. The molecule has 1 heterocycles. The summed E-state index contributed by atoms with van der Waals surface area (Å²) in [5, 5.41) is 3.35. The number of guanidine groups is 1. The molecule has 2 rings (SSSR count). The van der Waals surface area contributed by atoms with Gasteiger partial charge in [-0.05, 0) is 37.1 Å². The van der Waals surface area contributed by atoms with Crippen molar-refractivity contribution in [2.45, 2.75) is 20.3 Å². The van der Waals surface area contributed by atoms with E-state index in [-0.39, 0.29) is 5.91 Å². The van der Waals surface area contributed by atoms with Crippen LogP contribution in [0.15, 0.2) is 23.2 Å². The summed E-state index contributed by atoms with van der Waals surface area (Å²) in [6, 6.07) is 5.81. The Balaban J connectivity index is 2.00. The number of hydrogen-bond donors (Lipinski definition) is 1. The Morgan fingerprint density at radius 1 is 1.15 bits per heavy atom. The smallest absolute Gasteiger partial charge is 0.219 e. The van der Waals surface area contributed by atoms with E-state index in [1.54, 1.807) is 21.1 Å². The molecule has 0 aliphatic carbocycles. The highest BCUT2D eigenvalue weighted by Crippen LogP contribution is 2.24. The molecule has 1 aliphatic heterocycles. The van der Waals surface area contributed by atoms with E-state index in [0.717, 1.165) is 62.2 Å². The van der Waals surface area contributed by atoms with Crippen LogP contribution in [-0.4, -0.2) is 75.2 Å². The predicted octanol–water partition coefficient (Wildman–Crippen LogP) is 1.38. The van der Waals surface area contributed by atoms with Gasteiger partial charge in [0.05, 0.1) is 14.2 Å². The maximum absolute atomic E-state index is 11.5. The minimum atomic E-state index is 0.136. The van der Waals surface area contributed by atoms with E-state index in [2.05, 4.69) is 17.1 Å². The van der Waals surface area contributed by atoms with E-state index in [9.17, 15) is 4.79 Å². The highest BCUT2D eigenvalue weighted by Gasteiger charge is 2.20. The first-order valence-corrected chi connectivity index (χ1v) is 9.08. The number of aliphatic imine (C=N–C) groups is 1. The Hall–Kier alpha value is -2.44. The van der Waals surface area contributed by atoms with Crippen molar-refractivity contribution < 1.29 is 14.3 Å². The molecule has 0 atom stereocenters. The lowest BCUT2D eigenvalue weighted by atomic mass is 10.1. The second-order valence-electron chi connectivity index (χ2n) is 6.16. The highest BCUT2D eigenvalue weighted by atomic mass is 16.5. The SMILES string of the molecule is CCNC(=NCCc1cc(OC)ccc1OC)N1CCN(C(C)=O)CC1. The summed E-state index contributed by atoms with van der Waals surface area (Å²) in [6.07, 6.45) is 0.767. The van der Waals surface area contributed by atoms with E-state index >= 15 is 0 Å². The van der Waals surface area contributed by atoms with Crippen LogP contribution in [0, 0.1) is 0 Å². The van der Waals surface area contributed by atoms with Crippen LogP contribution in [0.4, 0.5) is 0 Å². The summed E-state index contributed by atoms with van der Waals surface area (Å²) in [5.74, 6) is 2.70. The van der Waals surface area contributed by atoms with Crippen LogP contribution in [0.25, 0.3) is 0 Å². The Labute approximate surface area is 156 Å². The fraction of sp³-hybridized carbons (Fsp3) is 0.579. The van der Waals surface area contributed by atoms with Crippen LogP contribution in [0.3, 0.4) is 0 Å². The van der Waals surface area contributed by atoms with Gasteiger partial charge in [-0.15, -0.1) is 0 Å². The number of ether oxygens (including phenoxy) is 2. The van der Waals surface area contributed by atoms with Crippen molar-refractivity contribution in [1.29, 1.82) is 0 Å². The van der Waals surface area contributed by atoms with E-state index in [1.165, 1.54) is 0 Å². The van der Waals surface area contributed by atoms with Crippen LogP contribution >= 0.6 is 0 Å². The third-order valence-electron chi connectivity index (χ3n) is 4.49. The molecule has 1 aromatic rings. The molecule has 0 radical (unpaired) electrons. The van der Waals surface area contributed by atoms with Crippen LogP contribution in [0.2, 0.25) is 0 Å². The maximum atomic E-state index is 11.5. The molecule has 0 aromatic heterocycles. The summed E-state index contributed by atoms with van der Waals surface area (Å²) in [5.41, 5.74) is 1.08. The summed E-state index contributed by atoms with van der Waals surface area (Å²) >= 11 is 0. The molecule has 26 heavy (non-hydrogen) atoms. The van der Waals surface area contributed by atoms with Crippen molar-refractivity contribution >= 4 is 11.9 Å². The van der Waals surface area contributed by atoms with Crippen molar-refractivity contribution in [2.75, 3.05) is 53.5 Å². The molecular formula is C19H30N4O3. The predicted molar refractivity (Wildman–Crippen MR) is 103 cm³/mol. The number of hydrogen-bond acceptors (Lipinski definition) is 4. The van der Waals surface area contributed by atoms with Gasteiger partial charge >= 0.3 is 0 Å². The quantitative estimate of drug-likeness (QED) is 0.612. The minimum absolute atomic E-state index is 0.136. The molecular weight excluding hydrogens is 332 g/mol. The monoisotopic (exact) mass is 362 g/mol. The van der Waals surface area contributed by atoms with Gasteiger partial charge in [-0.1, -0.05) is 0 Å². The Morgan fingerprint density at radius 2 is 1.85 bits per heavy atom. The number of rotatable bonds is 6. The molecule has 1 amide bonds. The highest BCUT2D eigenvalue weighted by molar-refractivity contribution is 5.80. The van der Waals surface area contributed by atoms with E-state index in [1.807, 2.05) is 23.1 Å². The number of amides is 1. The zero-order valence-corrected chi connectivity index (χ0v) is 16.2. The number of benzene rings is 1. The second-order valence-corrected chi connectivity index (χ2v) is 6.16. The summed E-state index contributed by atoms with van der Waals surface area (Å²) in [7, 11) is 3.33. The molecule has 0 saturated carbocycles. The zero-order valence-electron chi connectivity index (χ0n) is 16.2. The fourth-order valence-electron chi connectivity index (χ4n) is 3.02. The number of methoxy groups -OCH3 is 2. The summed E-state index contributed by atoms with van der Waals surface area (Å²) in [4.78, 5) is 20.3. The number of carbonyl (C=O) groups is 1. The first kappa shape index (κ1) is 19.9. The van der Waals surface area contributed by atoms with Crippen molar-refractivity contribution in [2.24, 2.45) is 4.99 Å². The van der Waals surface area contributed by atoms with Crippen molar-refractivity contribution in [3.05, 3.63) is 23.8 Å². The molecule has 7 heteroatoms. The van der Waals surface area contributed by atoms with E-state index in [4.69, 9.17) is 14.5 Å². The standard InChI is InChI=1S/C19H30N4O3/c1-5-20-19(23-12-10-22(11-13-23)15(2)24)21-9-8-16-14-17(25-3)6-7-18(16)26-4/h6-7,14H,5,8-13H2,1-4H3,(H,20,21). The average molecular weight is 362 g/mol. The molecule has 0 bridgehead atoms. The largest absolute Gasteiger partial charge is 0.497 e. The van der Waals surface area contributed by atoms with Crippen LogP contribution in [-0.2, 0) is 11.2 Å². The number of carbonyl (C=O) groups excluding carboxylic acids is 1. The summed E-state index contributed by atoms with van der Waals surface area (Å²) in [6.45, 7) is 8.23. The second kappa shape index (κ2) is 9.89. The van der Waals surface area contributed by atoms with Crippen molar-refractivity contribution in [1.82, 2.24) is 15.1 Å². The zero-order chi connectivity index (χ0) is 18.9. The third-order valence-corrected chi connectivity index (χ3v) is 4.49. The first-order chi connectivity index (χ1) is 12.6. The Morgan fingerprint density at radius 3 is 2.42 bits per heavy atom. The average Bonchev–Trinajstić information content (AvgIpc) is 2.67. The van der Waals surface area contributed by atoms with Gasteiger partial charge in [-0.25, -0.2) is 0 Å². The lowest BCUT2D eigenvalue weighted by Crippen LogP contribution is -2.53. The van der Waals surface area contributed by atoms with Gasteiger partial charge in [0.25, 0.3) is 0 Å². The normalized spacial score (nSPS) is 15.0. The Kier molecular flexibility index (Phi) is 7.56. The van der Waals surface area contributed by atoms with Gasteiger partial charge in [0.2, 0.25) is 5.91 Å². The van der Waals surface area contributed by atoms with Crippen LogP contribution < -0.4 is 14.8 Å². The van der Waals surface area contributed by atoms with Crippen LogP contribution in [0.5, 0.6) is 11.5 Å². The van der Waals surface area contributed by atoms with Gasteiger partial charge in [0.15, 0.2) is 5.96 Å². The van der Waals surface area contributed by atoms with Gasteiger partial charge in [0, 0.05) is 46.2 Å². The molecule has 7 nitrogen and oxygen atoms in total. The number of nitrogens with zero attached hydrogens (tertiary/aromatic N) is 3. The molecule has 1 aliphatic rings. The molecule has 0 unspecified atom stereocenters. The first-order valence-electron chi connectivity index (χ1n) is 9.08. The van der Waals surface area contributed by atoms with Crippen molar-refractivity contribution in [3.8, 4) is 11.5 Å². The molecule has 1 N–H and O–H groups in total. The molecule has 1 aromatic carbocycles. The van der Waals surface area contributed by atoms with E-state index in [0.29, 0.717) is 6.54 Å². The van der Waals surface area contributed by atoms with Gasteiger partial charge in [-0.3, -0.25) is 9.79 Å². The molecule has 1 fully saturated rings. The maximum Gasteiger partial charge on any atom is 0.219 e. The summed E-state index contributed by atoms with van der Waals surface area (Å²) < 4.78 is 10.7. The third kappa shape index (κ3) is 5.28.